The summed E-state index contributed by atoms with van der Waals surface area (Å²) in [6.07, 6.45) is 1.79. The number of nitrogens with zero attached hydrogens (tertiary/aromatic N) is 1. The Morgan fingerprint density at radius 3 is 2.80 bits per heavy atom. The zero-order chi connectivity index (χ0) is 14.7. The summed E-state index contributed by atoms with van der Waals surface area (Å²) >= 11 is 0. The van der Waals surface area contributed by atoms with Gasteiger partial charge in [-0.2, -0.15) is 0 Å². The van der Waals surface area contributed by atoms with Gasteiger partial charge in [-0.1, -0.05) is 18.2 Å². The molecule has 104 valence electrons. The number of hydrogen-bond donors (Lipinski definition) is 1. The predicted molar refractivity (Wildman–Crippen MR) is 79.9 cm³/mol. The van der Waals surface area contributed by atoms with Crippen molar-refractivity contribution < 1.29 is 9.53 Å². The van der Waals surface area contributed by atoms with E-state index in [4.69, 9.17) is 10.5 Å². The van der Waals surface area contributed by atoms with Gasteiger partial charge < -0.3 is 15.0 Å². The van der Waals surface area contributed by atoms with E-state index in [1.165, 1.54) is 0 Å². The second-order valence-electron chi connectivity index (χ2n) is 4.52. The van der Waals surface area contributed by atoms with Gasteiger partial charge in [-0.25, -0.2) is 0 Å². The fraction of sp³-hybridized carbons (Fsp3) is 0.188. The average Bonchev–Trinajstić information content (AvgIpc) is 2.77. The molecular formula is C16H18N2O2. The molecule has 1 aromatic heterocycles. The molecule has 4 heteroatoms. The van der Waals surface area contributed by atoms with Crippen LogP contribution in [0.1, 0.15) is 16.1 Å². The third-order valence-electron chi connectivity index (χ3n) is 3.31. The summed E-state index contributed by atoms with van der Waals surface area (Å²) in [6.45, 7) is 6.26. The van der Waals surface area contributed by atoms with Crippen molar-refractivity contribution in [1.29, 1.82) is 0 Å². The zero-order valence-corrected chi connectivity index (χ0v) is 11.7. The van der Waals surface area contributed by atoms with Crippen LogP contribution in [0.25, 0.3) is 11.3 Å². The molecule has 0 unspecified atom stereocenters. The van der Waals surface area contributed by atoms with Crippen molar-refractivity contribution in [2.45, 2.75) is 13.5 Å². The number of benzene rings is 1. The van der Waals surface area contributed by atoms with Gasteiger partial charge in [0, 0.05) is 23.5 Å². The Morgan fingerprint density at radius 2 is 2.20 bits per heavy atom. The first-order valence-electron chi connectivity index (χ1n) is 6.33. The topological polar surface area (TPSA) is 57.2 Å². The normalized spacial score (nSPS) is 10.3. The lowest BCUT2D eigenvalue weighted by atomic mass is 10.1. The van der Waals surface area contributed by atoms with Crippen molar-refractivity contribution in [2.24, 2.45) is 5.73 Å². The highest BCUT2D eigenvalue weighted by Gasteiger charge is 2.16. The molecule has 0 aliphatic rings. The van der Waals surface area contributed by atoms with Crippen LogP contribution in [-0.4, -0.2) is 17.6 Å². The van der Waals surface area contributed by atoms with Crippen molar-refractivity contribution in [3.8, 4) is 17.0 Å². The van der Waals surface area contributed by atoms with Crippen molar-refractivity contribution in [1.82, 2.24) is 4.57 Å². The van der Waals surface area contributed by atoms with E-state index >= 15 is 0 Å². The number of aromatic nitrogens is 1. The lowest BCUT2D eigenvalue weighted by Gasteiger charge is -2.10. The number of rotatable bonds is 5. The van der Waals surface area contributed by atoms with E-state index in [-0.39, 0.29) is 0 Å². The summed E-state index contributed by atoms with van der Waals surface area (Å²) in [6, 6.07) is 9.52. The highest BCUT2D eigenvalue weighted by molar-refractivity contribution is 5.95. The van der Waals surface area contributed by atoms with Crippen molar-refractivity contribution >= 4 is 5.91 Å². The maximum Gasteiger partial charge on any atom is 0.250 e. The smallest absolute Gasteiger partial charge is 0.250 e. The Kier molecular flexibility index (Phi) is 3.94. The zero-order valence-electron chi connectivity index (χ0n) is 11.7. The Morgan fingerprint density at radius 1 is 1.45 bits per heavy atom. The van der Waals surface area contributed by atoms with Crippen molar-refractivity contribution in [3.63, 3.8) is 0 Å². The molecule has 0 aliphatic carbocycles. The van der Waals surface area contributed by atoms with E-state index in [1.807, 2.05) is 41.8 Å². The molecule has 0 saturated heterocycles. The van der Waals surface area contributed by atoms with Gasteiger partial charge in [0.25, 0.3) is 5.91 Å². The molecule has 0 radical (unpaired) electrons. The van der Waals surface area contributed by atoms with Crippen LogP contribution in [0.4, 0.5) is 0 Å². The summed E-state index contributed by atoms with van der Waals surface area (Å²) in [5.41, 5.74) is 8.70. The van der Waals surface area contributed by atoms with Crippen LogP contribution >= 0.6 is 0 Å². The molecule has 1 heterocycles. The number of carbonyl (C=O) groups is 1. The van der Waals surface area contributed by atoms with E-state index in [0.717, 1.165) is 22.7 Å². The molecule has 0 fully saturated rings. The fourth-order valence-corrected chi connectivity index (χ4v) is 2.28. The summed E-state index contributed by atoms with van der Waals surface area (Å²) in [4.78, 5) is 11.5. The molecule has 2 aromatic rings. The van der Waals surface area contributed by atoms with Crippen LogP contribution in [0.2, 0.25) is 0 Å². The van der Waals surface area contributed by atoms with Crippen molar-refractivity contribution in [2.75, 3.05) is 7.11 Å². The second-order valence-corrected chi connectivity index (χ2v) is 4.52. The molecule has 0 spiro atoms. The van der Waals surface area contributed by atoms with Gasteiger partial charge >= 0.3 is 0 Å². The number of allylic oxidation sites excluding steroid dienone is 1. The van der Waals surface area contributed by atoms with Gasteiger partial charge in [0.1, 0.15) is 5.75 Å². The Hall–Kier alpha value is -2.49. The van der Waals surface area contributed by atoms with Gasteiger partial charge in [-0.3, -0.25) is 4.79 Å². The Labute approximate surface area is 118 Å². The van der Waals surface area contributed by atoms with Gasteiger partial charge in [0.05, 0.1) is 12.7 Å². The first kappa shape index (κ1) is 13.9. The van der Waals surface area contributed by atoms with Crippen LogP contribution in [0, 0.1) is 6.92 Å². The molecule has 0 saturated carbocycles. The van der Waals surface area contributed by atoms with Gasteiger partial charge in [-0.15, -0.1) is 6.58 Å². The number of carbonyl (C=O) groups excluding carboxylic acids is 1. The molecule has 20 heavy (non-hydrogen) atoms. The molecule has 4 nitrogen and oxygen atoms in total. The number of primary amides is 1. The molecular weight excluding hydrogens is 252 g/mol. The number of ether oxygens (including phenoxy) is 1. The summed E-state index contributed by atoms with van der Waals surface area (Å²) in [7, 11) is 1.63. The van der Waals surface area contributed by atoms with E-state index in [9.17, 15) is 4.79 Å². The monoisotopic (exact) mass is 270 g/mol. The molecule has 2 N–H and O–H groups in total. The SMILES string of the molecule is C=CCn1c(-c2cccc(OC)c2)cc(C(N)=O)c1C. The summed E-state index contributed by atoms with van der Waals surface area (Å²) in [5, 5.41) is 0. The van der Waals surface area contributed by atoms with Crippen LogP contribution in [0.5, 0.6) is 5.75 Å². The van der Waals surface area contributed by atoms with Crippen LogP contribution in [0.3, 0.4) is 0 Å². The lowest BCUT2D eigenvalue weighted by Crippen LogP contribution is -2.12. The predicted octanol–water partition coefficient (Wildman–Crippen LogP) is 2.76. The first-order valence-corrected chi connectivity index (χ1v) is 6.33. The largest absolute Gasteiger partial charge is 0.497 e. The standard InChI is InChI=1S/C16H18N2O2/c1-4-8-18-11(2)14(16(17)19)10-15(18)12-6-5-7-13(9-12)20-3/h4-7,9-10H,1,8H2,2-3H3,(H2,17,19). The van der Waals surface area contributed by atoms with E-state index in [1.54, 1.807) is 13.2 Å². The highest BCUT2D eigenvalue weighted by Crippen LogP contribution is 2.28. The minimum absolute atomic E-state index is 0.422. The molecule has 2 rings (SSSR count). The van der Waals surface area contributed by atoms with Gasteiger partial charge in [0.2, 0.25) is 0 Å². The third kappa shape index (κ3) is 2.45. The second kappa shape index (κ2) is 5.65. The summed E-state index contributed by atoms with van der Waals surface area (Å²) < 4.78 is 7.26. The first-order chi connectivity index (χ1) is 9.58. The highest BCUT2D eigenvalue weighted by atomic mass is 16.5. The molecule has 0 atom stereocenters. The number of amides is 1. The fourth-order valence-electron chi connectivity index (χ4n) is 2.28. The summed E-state index contributed by atoms with van der Waals surface area (Å²) in [5.74, 6) is 0.349. The maximum atomic E-state index is 11.5. The van der Waals surface area contributed by atoms with Gasteiger partial charge in [0.15, 0.2) is 0 Å². The third-order valence-corrected chi connectivity index (χ3v) is 3.31. The molecule has 0 aliphatic heterocycles. The molecule has 1 amide bonds. The van der Waals surface area contributed by atoms with E-state index < -0.39 is 5.91 Å². The lowest BCUT2D eigenvalue weighted by molar-refractivity contribution is 0.0999. The average molecular weight is 270 g/mol. The van der Waals surface area contributed by atoms with Crippen LogP contribution in [-0.2, 0) is 6.54 Å². The Bertz CT molecular complexity index is 656. The van der Waals surface area contributed by atoms with E-state index in [0.29, 0.717) is 12.1 Å². The minimum Gasteiger partial charge on any atom is -0.497 e. The quantitative estimate of drug-likeness (QED) is 0.849. The maximum absolute atomic E-state index is 11.5. The Balaban J connectivity index is 2.62. The van der Waals surface area contributed by atoms with Crippen LogP contribution < -0.4 is 10.5 Å². The minimum atomic E-state index is -0.422. The number of nitrogens with two attached hydrogens (primary N) is 1. The molecule has 0 bridgehead atoms. The molecule has 1 aromatic carbocycles. The number of methoxy groups -OCH3 is 1. The van der Waals surface area contributed by atoms with Crippen molar-refractivity contribution in [3.05, 3.63) is 54.2 Å². The van der Waals surface area contributed by atoms with Gasteiger partial charge in [-0.05, 0) is 25.1 Å². The van der Waals surface area contributed by atoms with E-state index in [2.05, 4.69) is 6.58 Å². The number of hydrogen-bond acceptors (Lipinski definition) is 2. The van der Waals surface area contributed by atoms with Crippen LogP contribution in [0.15, 0.2) is 43.0 Å².